The van der Waals surface area contributed by atoms with E-state index in [-0.39, 0.29) is 5.82 Å². The lowest BCUT2D eigenvalue weighted by Gasteiger charge is -2.15. The molecule has 0 saturated heterocycles. The Bertz CT molecular complexity index is 537. The zero-order valence-electron chi connectivity index (χ0n) is 10.4. The number of nitrogens with two attached hydrogens (primary N) is 1. The van der Waals surface area contributed by atoms with E-state index in [1.54, 1.807) is 25.4 Å². The predicted molar refractivity (Wildman–Crippen MR) is 68.0 cm³/mol. The van der Waals surface area contributed by atoms with Gasteiger partial charge in [0.05, 0.1) is 13.2 Å². The molecule has 4 heteroatoms. The molecule has 0 aliphatic carbocycles. The molecule has 0 bridgehead atoms. The van der Waals surface area contributed by atoms with Crippen LogP contribution >= 0.6 is 0 Å². The topological polar surface area (TPSA) is 48.1 Å². The number of nitrogens with zero attached hydrogens (tertiary/aromatic N) is 1. The molecule has 2 rings (SSSR count). The van der Waals surface area contributed by atoms with E-state index < -0.39 is 6.04 Å². The molecule has 1 heterocycles. The van der Waals surface area contributed by atoms with Crippen LogP contribution in [0.2, 0.25) is 0 Å². The molecule has 0 fully saturated rings. The van der Waals surface area contributed by atoms with E-state index in [0.29, 0.717) is 17.0 Å². The highest BCUT2D eigenvalue weighted by atomic mass is 19.1. The minimum Gasteiger partial charge on any atom is -0.495 e. The summed E-state index contributed by atoms with van der Waals surface area (Å²) in [4.78, 5) is 4.21. The van der Waals surface area contributed by atoms with Crippen LogP contribution in [0.5, 0.6) is 5.75 Å². The molecule has 1 atom stereocenters. The second kappa shape index (κ2) is 5.14. The third kappa shape index (κ3) is 2.49. The number of rotatable bonds is 3. The Kier molecular flexibility index (Phi) is 3.58. The highest BCUT2D eigenvalue weighted by molar-refractivity contribution is 5.37. The van der Waals surface area contributed by atoms with Gasteiger partial charge in [0.25, 0.3) is 0 Å². The minimum absolute atomic E-state index is 0.296. The van der Waals surface area contributed by atoms with Crippen LogP contribution in [0.3, 0.4) is 0 Å². The zero-order valence-corrected chi connectivity index (χ0v) is 10.4. The Labute approximate surface area is 105 Å². The number of ether oxygens (including phenoxy) is 1. The first-order valence-corrected chi connectivity index (χ1v) is 5.63. The average molecular weight is 246 g/mol. The molecule has 0 aliphatic heterocycles. The molecule has 0 spiro atoms. The molecule has 0 radical (unpaired) electrons. The Morgan fingerprint density at radius 1 is 1.33 bits per heavy atom. The summed E-state index contributed by atoms with van der Waals surface area (Å²) in [6.07, 6.45) is 1.64. The number of benzene rings is 1. The number of hydrogen-bond acceptors (Lipinski definition) is 3. The lowest BCUT2D eigenvalue weighted by Crippen LogP contribution is -2.15. The lowest BCUT2D eigenvalue weighted by molar-refractivity contribution is 0.404. The summed E-state index contributed by atoms with van der Waals surface area (Å²) in [6.45, 7) is 1.83. The van der Waals surface area contributed by atoms with Crippen molar-refractivity contribution < 1.29 is 9.13 Å². The van der Waals surface area contributed by atoms with Gasteiger partial charge in [0.15, 0.2) is 0 Å². The van der Waals surface area contributed by atoms with Gasteiger partial charge in [0, 0.05) is 6.20 Å². The molecule has 1 aromatic heterocycles. The zero-order chi connectivity index (χ0) is 13.1. The lowest BCUT2D eigenvalue weighted by atomic mass is 10.0. The quantitative estimate of drug-likeness (QED) is 0.905. The van der Waals surface area contributed by atoms with E-state index in [1.165, 1.54) is 12.1 Å². The van der Waals surface area contributed by atoms with Crippen molar-refractivity contribution in [2.75, 3.05) is 7.11 Å². The van der Waals surface area contributed by atoms with Crippen molar-refractivity contribution in [3.8, 4) is 5.75 Å². The van der Waals surface area contributed by atoms with Gasteiger partial charge in [-0.05, 0) is 42.3 Å². The van der Waals surface area contributed by atoms with E-state index in [1.807, 2.05) is 13.0 Å². The molecule has 2 aromatic rings. The van der Waals surface area contributed by atoms with Crippen LogP contribution in [-0.2, 0) is 0 Å². The summed E-state index contributed by atoms with van der Waals surface area (Å²) in [5.41, 5.74) is 8.24. The fourth-order valence-corrected chi connectivity index (χ4v) is 1.91. The molecular weight excluding hydrogens is 231 g/mol. The molecule has 3 nitrogen and oxygen atoms in total. The summed E-state index contributed by atoms with van der Waals surface area (Å²) >= 11 is 0. The fraction of sp³-hybridized carbons (Fsp3) is 0.214. The van der Waals surface area contributed by atoms with Crippen LogP contribution in [0, 0.1) is 12.7 Å². The van der Waals surface area contributed by atoms with E-state index in [9.17, 15) is 4.39 Å². The minimum atomic E-state index is -0.504. The van der Waals surface area contributed by atoms with Crippen molar-refractivity contribution in [3.05, 3.63) is 59.2 Å². The summed E-state index contributed by atoms with van der Waals surface area (Å²) < 4.78 is 18.6. The number of methoxy groups -OCH3 is 1. The maximum atomic E-state index is 13.4. The van der Waals surface area contributed by atoms with E-state index in [4.69, 9.17) is 10.5 Å². The Balaban J connectivity index is 2.44. The first-order chi connectivity index (χ1) is 8.61. The van der Waals surface area contributed by atoms with Gasteiger partial charge < -0.3 is 10.5 Å². The number of aromatic nitrogens is 1. The summed E-state index contributed by atoms with van der Waals surface area (Å²) in [7, 11) is 1.56. The Morgan fingerprint density at radius 3 is 2.78 bits per heavy atom. The van der Waals surface area contributed by atoms with Crippen LogP contribution in [-0.4, -0.2) is 12.1 Å². The standard InChI is InChI=1S/C14H15FN2O/c1-9-6-10(8-11(15)7-9)13(16)14-12(18-2)4-3-5-17-14/h3-8,13H,16H2,1-2H3. The first-order valence-electron chi connectivity index (χ1n) is 5.63. The molecule has 2 N–H and O–H groups in total. The van der Waals surface area contributed by atoms with E-state index >= 15 is 0 Å². The Hall–Kier alpha value is -1.94. The number of hydrogen-bond donors (Lipinski definition) is 1. The van der Waals surface area contributed by atoms with Crippen molar-refractivity contribution in [1.82, 2.24) is 4.98 Å². The SMILES string of the molecule is COc1cccnc1C(N)c1cc(C)cc(F)c1. The van der Waals surface area contributed by atoms with Crippen LogP contribution in [0.4, 0.5) is 4.39 Å². The fourth-order valence-electron chi connectivity index (χ4n) is 1.91. The molecule has 0 amide bonds. The van der Waals surface area contributed by atoms with Gasteiger partial charge in [-0.1, -0.05) is 6.07 Å². The third-order valence-electron chi connectivity index (χ3n) is 2.74. The maximum absolute atomic E-state index is 13.4. The molecule has 0 aliphatic rings. The summed E-state index contributed by atoms with van der Waals surface area (Å²) in [6, 6.07) is 7.79. The number of halogens is 1. The van der Waals surface area contributed by atoms with Crippen LogP contribution < -0.4 is 10.5 Å². The second-order valence-corrected chi connectivity index (χ2v) is 4.13. The van der Waals surface area contributed by atoms with Gasteiger partial charge in [-0.25, -0.2) is 4.39 Å². The van der Waals surface area contributed by atoms with Gasteiger partial charge in [0.2, 0.25) is 0 Å². The second-order valence-electron chi connectivity index (χ2n) is 4.13. The Morgan fingerprint density at radius 2 is 2.11 bits per heavy atom. The van der Waals surface area contributed by atoms with Gasteiger partial charge in [-0.2, -0.15) is 0 Å². The molecule has 94 valence electrons. The third-order valence-corrected chi connectivity index (χ3v) is 2.74. The average Bonchev–Trinajstić information content (AvgIpc) is 2.36. The summed E-state index contributed by atoms with van der Waals surface area (Å²) in [5, 5.41) is 0. The van der Waals surface area contributed by atoms with Gasteiger partial charge in [-0.3, -0.25) is 4.98 Å². The van der Waals surface area contributed by atoms with Crippen molar-refractivity contribution in [2.45, 2.75) is 13.0 Å². The monoisotopic (exact) mass is 246 g/mol. The van der Waals surface area contributed by atoms with E-state index in [0.717, 1.165) is 5.56 Å². The van der Waals surface area contributed by atoms with Gasteiger partial charge >= 0.3 is 0 Å². The van der Waals surface area contributed by atoms with Crippen molar-refractivity contribution in [1.29, 1.82) is 0 Å². The largest absolute Gasteiger partial charge is 0.495 e. The molecule has 18 heavy (non-hydrogen) atoms. The van der Waals surface area contributed by atoms with Crippen LogP contribution in [0.25, 0.3) is 0 Å². The van der Waals surface area contributed by atoms with Crippen molar-refractivity contribution >= 4 is 0 Å². The smallest absolute Gasteiger partial charge is 0.142 e. The first kappa shape index (κ1) is 12.5. The molecular formula is C14H15FN2O. The van der Waals surface area contributed by atoms with Crippen LogP contribution in [0.15, 0.2) is 36.5 Å². The highest BCUT2D eigenvalue weighted by Gasteiger charge is 2.16. The van der Waals surface area contributed by atoms with Gasteiger partial charge in [-0.15, -0.1) is 0 Å². The molecule has 1 unspecified atom stereocenters. The normalized spacial score (nSPS) is 12.2. The van der Waals surface area contributed by atoms with Crippen molar-refractivity contribution in [3.63, 3.8) is 0 Å². The molecule has 0 saturated carbocycles. The van der Waals surface area contributed by atoms with Crippen LogP contribution in [0.1, 0.15) is 22.9 Å². The summed E-state index contributed by atoms with van der Waals surface area (Å²) in [5.74, 6) is 0.308. The maximum Gasteiger partial charge on any atom is 0.142 e. The highest BCUT2D eigenvalue weighted by Crippen LogP contribution is 2.26. The number of pyridine rings is 1. The van der Waals surface area contributed by atoms with Gasteiger partial charge in [0.1, 0.15) is 17.3 Å². The van der Waals surface area contributed by atoms with E-state index in [2.05, 4.69) is 4.98 Å². The molecule has 1 aromatic carbocycles. The van der Waals surface area contributed by atoms with Crippen molar-refractivity contribution in [2.24, 2.45) is 5.73 Å². The predicted octanol–water partition coefficient (Wildman–Crippen LogP) is 2.59. The number of aryl methyl sites for hydroxylation is 1.